The van der Waals surface area contributed by atoms with Gasteiger partial charge in [-0.1, -0.05) is 0 Å². The number of aromatic nitrogens is 2. The van der Waals surface area contributed by atoms with Gasteiger partial charge in [0.1, 0.15) is 5.70 Å². The molecule has 11 heteroatoms. The molecule has 0 saturated heterocycles. The van der Waals surface area contributed by atoms with E-state index in [4.69, 9.17) is 0 Å². The summed E-state index contributed by atoms with van der Waals surface area (Å²) in [4.78, 5) is 31.2. The number of sulfonamides is 1. The van der Waals surface area contributed by atoms with Crippen LogP contribution in [0.25, 0.3) is 0 Å². The highest BCUT2D eigenvalue weighted by Crippen LogP contribution is 2.18. The van der Waals surface area contributed by atoms with Crippen LogP contribution in [0.3, 0.4) is 0 Å². The molecule has 29 heavy (non-hydrogen) atoms. The number of esters is 2. The smallest absolute Gasteiger partial charge is 0.354 e. The van der Waals surface area contributed by atoms with Gasteiger partial charge in [-0.15, -0.1) is 0 Å². The van der Waals surface area contributed by atoms with Gasteiger partial charge in [-0.05, 0) is 44.2 Å². The molecule has 2 rings (SSSR count). The fraction of sp³-hybridized carbons (Fsp3) is 0.222. The normalized spacial score (nSPS) is 11.5. The van der Waals surface area contributed by atoms with Gasteiger partial charge in [0.25, 0.3) is 10.0 Å². The Labute approximate surface area is 168 Å². The average molecular weight is 420 g/mol. The second-order valence-electron chi connectivity index (χ2n) is 5.80. The Balaban J connectivity index is 2.22. The molecule has 0 aliphatic rings. The van der Waals surface area contributed by atoms with Gasteiger partial charge >= 0.3 is 11.9 Å². The molecule has 0 atom stereocenters. The molecule has 0 saturated carbocycles. The summed E-state index contributed by atoms with van der Waals surface area (Å²) in [5.41, 5.74) is 1.44. The van der Waals surface area contributed by atoms with E-state index in [1.54, 1.807) is 19.9 Å². The molecule has 10 nitrogen and oxygen atoms in total. The Morgan fingerprint density at radius 3 is 2.10 bits per heavy atom. The zero-order valence-electron chi connectivity index (χ0n) is 16.2. The Kier molecular flexibility index (Phi) is 6.89. The van der Waals surface area contributed by atoms with Crippen LogP contribution in [0.15, 0.2) is 47.0 Å². The first-order chi connectivity index (χ1) is 13.6. The second-order valence-corrected chi connectivity index (χ2v) is 7.48. The van der Waals surface area contributed by atoms with Crippen molar-refractivity contribution in [3.8, 4) is 0 Å². The number of carbonyl (C=O) groups is 2. The number of hydrogen-bond acceptors (Lipinski definition) is 9. The van der Waals surface area contributed by atoms with Gasteiger partial charge < -0.3 is 14.8 Å². The number of carbonyl (C=O) groups excluding carboxylic acids is 2. The third-order valence-corrected chi connectivity index (χ3v) is 4.86. The molecular formula is C18H20N4O6S. The lowest BCUT2D eigenvalue weighted by Crippen LogP contribution is -2.17. The number of hydrogen-bond donors (Lipinski definition) is 2. The van der Waals surface area contributed by atoms with E-state index in [9.17, 15) is 18.0 Å². The van der Waals surface area contributed by atoms with E-state index in [2.05, 4.69) is 29.5 Å². The van der Waals surface area contributed by atoms with Crippen molar-refractivity contribution >= 4 is 33.6 Å². The SMILES string of the molecule is COC(=O)/C=C(/Nc1ccc(S(=O)(=O)Nc2nc(C)cc(C)n2)cc1)C(=O)OC. The lowest BCUT2D eigenvalue weighted by atomic mass is 10.3. The number of rotatable bonds is 7. The molecule has 1 heterocycles. The van der Waals surface area contributed by atoms with Crippen LogP contribution >= 0.6 is 0 Å². The first-order valence-corrected chi connectivity index (χ1v) is 9.73. The van der Waals surface area contributed by atoms with Crippen LogP contribution in [-0.4, -0.2) is 44.5 Å². The molecule has 2 aromatic rings. The van der Waals surface area contributed by atoms with Crippen molar-refractivity contribution < 1.29 is 27.5 Å². The van der Waals surface area contributed by atoms with Crippen LogP contribution in [-0.2, 0) is 29.1 Å². The molecular weight excluding hydrogens is 400 g/mol. The van der Waals surface area contributed by atoms with Crippen molar-refractivity contribution in [2.75, 3.05) is 24.3 Å². The molecule has 0 amide bonds. The molecule has 0 fully saturated rings. The van der Waals surface area contributed by atoms with Gasteiger partial charge in [-0.25, -0.2) is 32.7 Å². The third kappa shape index (κ3) is 6.01. The summed E-state index contributed by atoms with van der Waals surface area (Å²) < 4.78 is 36.5. The molecule has 2 N–H and O–H groups in total. The zero-order chi connectivity index (χ0) is 21.6. The van der Waals surface area contributed by atoms with Gasteiger partial charge in [0.2, 0.25) is 5.95 Å². The van der Waals surface area contributed by atoms with Crippen LogP contribution in [0.4, 0.5) is 11.6 Å². The maximum Gasteiger partial charge on any atom is 0.354 e. The molecule has 0 spiro atoms. The van der Waals surface area contributed by atoms with Crippen molar-refractivity contribution in [1.82, 2.24) is 9.97 Å². The minimum Gasteiger partial charge on any atom is -0.466 e. The van der Waals surface area contributed by atoms with Crippen LogP contribution < -0.4 is 10.0 Å². The molecule has 0 unspecified atom stereocenters. The maximum atomic E-state index is 12.5. The van der Waals surface area contributed by atoms with Crippen LogP contribution in [0.2, 0.25) is 0 Å². The van der Waals surface area contributed by atoms with Crippen molar-refractivity contribution in [1.29, 1.82) is 0 Å². The lowest BCUT2D eigenvalue weighted by molar-refractivity contribution is -0.138. The van der Waals surface area contributed by atoms with E-state index in [0.29, 0.717) is 17.1 Å². The highest BCUT2D eigenvalue weighted by atomic mass is 32.2. The van der Waals surface area contributed by atoms with Gasteiger partial charge in [-0.2, -0.15) is 0 Å². The quantitative estimate of drug-likeness (QED) is 0.505. The summed E-state index contributed by atoms with van der Waals surface area (Å²) in [5, 5.41) is 2.68. The topological polar surface area (TPSA) is 137 Å². The van der Waals surface area contributed by atoms with E-state index in [-0.39, 0.29) is 16.5 Å². The largest absolute Gasteiger partial charge is 0.466 e. The number of benzene rings is 1. The molecule has 0 radical (unpaired) electrons. The third-order valence-electron chi connectivity index (χ3n) is 3.52. The lowest BCUT2D eigenvalue weighted by Gasteiger charge is -2.11. The van der Waals surface area contributed by atoms with E-state index in [1.807, 2.05) is 0 Å². The molecule has 0 bridgehead atoms. The van der Waals surface area contributed by atoms with Gasteiger partial charge in [-0.3, -0.25) is 0 Å². The first kappa shape index (κ1) is 21.8. The second kappa shape index (κ2) is 9.15. The number of anilines is 2. The fourth-order valence-corrected chi connectivity index (χ4v) is 3.20. The minimum atomic E-state index is -3.92. The Hall–Kier alpha value is -3.47. The number of nitrogens with one attached hydrogen (secondary N) is 2. The zero-order valence-corrected chi connectivity index (χ0v) is 17.0. The maximum absolute atomic E-state index is 12.5. The predicted molar refractivity (Wildman–Crippen MR) is 104 cm³/mol. The van der Waals surface area contributed by atoms with Gasteiger partial charge in [0, 0.05) is 17.1 Å². The number of methoxy groups -OCH3 is 2. The summed E-state index contributed by atoms with van der Waals surface area (Å²) in [6, 6.07) is 7.20. The van der Waals surface area contributed by atoms with Crippen LogP contribution in [0.1, 0.15) is 11.4 Å². The minimum absolute atomic E-state index is 0.0290. The summed E-state index contributed by atoms with van der Waals surface area (Å²) in [7, 11) is -1.59. The standard InChI is InChI=1S/C18H20N4O6S/c1-11-9-12(2)20-18(19-11)22-29(25,26)14-7-5-13(6-8-14)21-15(17(24)28-4)10-16(23)27-3/h5-10,21H,1-4H3,(H,19,20,22)/b15-10+. The number of ether oxygens (including phenoxy) is 2. The van der Waals surface area contributed by atoms with E-state index in [1.165, 1.54) is 31.4 Å². The van der Waals surface area contributed by atoms with E-state index >= 15 is 0 Å². The van der Waals surface area contributed by atoms with Gasteiger partial charge in [0.05, 0.1) is 25.2 Å². The molecule has 0 aliphatic carbocycles. The van der Waals surface area contributed by atoms with Crippen molar-refractivity contribution in [2.24, 2.45) is 0 Å². The molecule has 154 valence electrons. The van der Waals surface area contributed by atoms with Crippen LogP contribution in [0.5, 0.6) is 0 Å². The molecule has 1 aromatic carbocycles. The summed E-state index contributed by atoms with van der Waals surface area (Å²) in [6.07, 6.45) is 0.926. The summed E-state index contributed by atoms with van der Waals surface area (Å²) in [5.74, 6) is -1.57. The molecule has 1 aromatic heterocycles. The van der Waals surface area contributed by atoms with Crippen molar-refractivity contribution in [2.45, 2.75) is 18.7 Å². The Morgan fingerprint density at radius 2 is 1.59 bits per heavy atom. The summed E-state index contributed by atoms with van der Waals surface area (Å²) in [6.45, 7) is 3.46. The predicted octanol–water partition coefficient (Wildman–Crippen LogP) is 1.54. The summed E-state index contributed by atoms with van der Waals surface area (Å²) >= 11 is 0. The van der Waals surface area contributed by atoms with Crippen molar-refractivity contribution in [3.63, 3.8) is 0 Å². The Bertz CT molecular complexity index is 1030. The Morgan fingerprint density at radius 1 is 1.00 bits per heavy atom. The average Bonchev–Trinajstić information content (AvgIpc) is 2.65. The highest BCUT2D eigenvalue weighted by molar-refractivity contribution is 7.92. The van der Waals surface area contributed by atoms with Gasteiger partial charge in [0.15, 0.2) is 0 Å². The first-order valence-electron chi connectivity index (χ1n) is 8.25. The fourth-order valence-electron chi connectivity index (χ4n) is 2.26. The van der Waals surface area contributed by atoms with E-state index in [0.717, 1.165) is 13.2 Å². The van der Waals surface area contributed by atoms with Crippen molar-refractivity contribution in [3.05, 3.63) is 53.5 Å². The number of nitrogens with zero attached hydrogens (tertiary/aromatic N) is 2. The van der Waals surface area contributed by atoms with E-state index < -0.39 is 22.0 Å². The number of aryl methyl sites for hydroxylation is 2. The highest BCUT2D eigenvalue weighted by Gasteiger charge is 2.17. The monoisotopic (exact) mass is 420 g/mol. The molecule has 0 aliphatic heterocycles. The van der Waals surface area contributed by atoms with Crippen LogP contribution in [0, 0.1) is 13.8 Å².